The Morgan fingerprint density at radius 2 is 1.51 bits per heavy atom. The van der Waals surface area contributed by atoms with Crippen LogP contribution in [0.5, 0.6) is 0 Å². The van der Waals surface area contributed by atoms with E-state index in [1.54, 1.807) is 0 Å². The maximum atomic E-state index is 10.4. The van der Waals surface area contributed by atoms with Crippen molar-refractivity contribution < 1.29 is 13.2 Å². The second kappa shape index (κ2) is 29.3. The van der Waals surface area contributed by atoms with Gasteiger partial charge in [0.05, 0.1) is 5.41 Å². The number of benzene rings is 2. The van der Waals surface area contributed by atoms with Gasteiger partial charge in [-0.15, -0.1) is 0 Å². The molecule has 0 spiro atoms. The first-order valence-corrected chi connectivity index (χ1v) is 20.7. The molecule has 0 amide bonds. The van der Waals surface area contributed by atoms with E-state index in [1.807, 2.05) is 41.5 Å². The number of hydrogen-bond acceptors (Lipinski definition) is 4. The first kappa shape index (κ1) is 51.0. The molecule has 1 heterocycles. The molecule has 2 aliphatic rings. The fourth-order valence-electron chi connectivity index (χ4n) is 6.79. The van der Waals surface area contributed by atoms with Gasteiger partial charge in [0.2, 0.25) is 0 Å². The number of rotatable bonds is 16. The van der Waals surface area contributed by atoms with Crippen molar-refractivity contribution in [1.82, 2.24) is 10.2 Å². The van der Waals surface area contributed by atoms with E-state index in [1.165, 1.54) is 16.7 Å². The van der Waals surface area contributed by atoms with Crippen LogP contribution >= 0.6 is 0 Å². The number of halogens is 3. The number of nitrogens with zero attached hydrogens (tertiary/aromatic N) is 1. The van der Waals surface area contributed by atoms with Crippen LogP contribution in [0.15, 0.2) is 121 Å². The molecule has 4 nitrogen and oxygen atoms in total. The lowest BCUT2D eigenvalue weighted by Crippen LogP contribution is -2.42. The topological polar surface area (TPSA) is 53.3 Å². The summed E-state index contributed by atoms with van der Waals surface area (Å²) in [5.74, 6) is 0. The summed E-state index contributed by atoms with van der Waals surface area (Å²) in [6.07, 6.45) is 18.0. The monoisotopic (exact) mass is 765 g/mol. The van der Waals surface area contributed by atoms with Gasteiger partial charge in [-0.05, 0) is 75.6 Å². The fourth-order valence-corrected chi connectivity index (χ4v) is 6.79. The maximum Gasteiger partial charge on any atom is 0.386 e. The van der Waals surface area contributed by atoms with E-state index in [2.05, 4.69) is 134 Å². The van der Waals surface area contributed by atoms with Gasteiger partial charge >= 0.3 is 6.18 Å². The summed E-state index contributed by atoms with van der Waals surface area (Å²) in [7, 11) is 0. The molecule has 4 N–H and O–H groups in total. The zero-order valence-corrected chi connectivity index (χ0v) is 35.8. The molecular weight excluding hydrogens is 690 g/mol. The summed E-state index contributed by atoms with van der Waals surface area (Å²) in [5.41, 5.74) is 14.3. The normalized spacial score (nSPS) is 15.6. The summed E-state index contributed by atoms with van der Waals surface area (Å²) in [6, 6.07) is 19.7. The van der Waals surface area contributed by atoms with E-state index in [0.29, 0.717) is 6.04 Å². The van der Waals surface area contributed by atoms with Gasteiger partial charge in [-0.25, -0.2) is 0 Å². The smallest absolute Gasteiger partial charge is 0.386 e. The Labute approximate surface area is 334 Å². The summed E-state index contributed by atoms with van der Waals surface area (Å²) in [4.78, 5) is 2.62. The quantitative estimate of drug-likeness (QED) is 0.118. The zero-order chi connectivity index (χ0) is 41.7. The molecule has 0 aromatic heterocycles. The Balaban J connectivity index is 0.00000238. The molecule has 0 bridgehead atoms. The molecule has 4 rings (SSSR count). The molecule has 55 heavy (non-hydrogen) atoms. The third kappa shape index (κ3) is 19.0. The van der Waals surface area contributed by atoms with Gasteiger partial charge in [0.25, 0.3) is 0 Å². The molecule has 1 aliphatic heterocycles. The highest BCUT2D eigenvalue weighted by molar-refractivity contribution is 5.74. The lowest BCUT2D eigenvalue weighted by atomic mass is 9.67. The van der Waals surface area contributed by atoms with Crippen molar-refractivity contribution in [1.29, 1.82) is 0 Å². The Kier molecular flexibility index (Phi) is 27.2. The molecule has 308 valence electrons. The highest BCUT2D eigenvalue weighted by Crippen LogP contribution is 2.43. The summed E-state index contributed by atoms with van der Waals surface area (Å²) in [5, 5.41) is 7.40. The standard InChI is InChI=1S/C40H54N4.C2H3F3.3C2H6/c1-5-7-20-35(6-2)40(33(4)41,36-21-12-9-13-22-36)27-16-17-28-44-29-25-37(26-30-44)43-32(3)38-23-14-15-24-39(38)42-31-34-18-10-8-11-19-34;1-2(3,4)5;3*1-2/h5,7,9-10,12-15,18-24,37,42-43H,3-4,6,8,11,16-17,25-31,41H2,1-2H3;1H3;3*1-2H3/b7-5-,35-20+;;;;. The van der Waals surface area contributed by atoms with Crippen LogP contribution in [-0.4, -0.2) is 43.3 Å². The third-order valence-electron chi connectivity index (χ3n) is 9.28. The summed E-state index contributed by atoms with van der Waals surface area (Å²) >= 11 is 0. The van der Waals surface area contributed by atoms with Crippen LogP contribution in [-0.2, 0) is 5.41 Å². The predicted octanol–water partition coefficient (Wildman–Crippen LogP) is 13.5. The van der Waals surface area contributed by atoms with E-state index < -0.39 is 6.18 Å². The number of piperidine rings is 1. The first-order valence-electron chi connectivity index (χ1n) is 20.7. The Bertz CT molecular complexity index is 1440. The number of allylic oxidation sites excluding steroid dienone is 6. The van der Waals surface area contributed by atoms with Crippen molar-refractivity contribution in [2.24, 2.45) is 5.73 Å². The van der Waals surface area contributed by atoms with Crippen molar-refractivity contribution in [3.8, 4) is 0 Å². The van der Waals surface area contributed by atoms with E-state index in [0.717, 1.165) is 100 Å². The number of nitrogens with one attached hydrogen (secondary N) is 2. The first-order chi connectivity index (χ1) is 26.5. The molecule has 1 fully saturated rings. The average molecular weight is 765 g/mol. The van der Waals surface area contributed by atoms with Crippen LogP contribution in [0.2, 0.25) is 0 Å². The van der Waals surface area contributed by atoms with Crippen molar-refractivity contribution in [3.05, 3.63) is 132 Å². The summed E-state index contributed by atoms with van der Waals surface area (Å²) < 4.78 is 31.1. The van der Waals surface area contributed by atoms with E-state index in [9.17, 15) is 13.2 Å². The largest absolute Gasteiger partial charge is 0.402 e. The fraction of sp³-hybridized carbons (Fsp3) is 0.500. The minimum absolute atomic E-state index is 0.188. The van der Waals surface area contributed by atoms with Crippen LogP contribution in [0.1, 0.15) is 125 Å². The number of unbranched alkanes of at least 4 members (excludes halogenated alkanes) is 1. The minimum atomic E-state index is -4.00. The molecule has 1 saturated heterocycles. The highest BCUT2D eigenvalue weighted by Gasteiger charge is 2.36. The second-order valence-corrected chi connectivity index (χ2v) is 13.0. The lowest BCUT2D eigenvalue weighted by molar-refractivity contribution is -0.110. The van der Waals surface area contributed by atoms with Gasteiger partial charge in [0, 0.05) is 55.2 Å². The van der Waals surface area contributed by atoms with Crippen LogP contribution in [0.4, 0.5) is 18.9 Å². The van der Waals surface area contributed by atoms with Crippen molar-refractivity contribution in [2.45, 2.75) is 131 Å². The maximum absolute atomic E-state index is 10.4. The Morgan fingerprint density at radius 3 is 2.05 bits per heavy atom. The highest BCUT2D eigenvalue weighted by atomic mass is 19.4. The van der Waals surface area contributed by atoms with Crippen LogP contribution in [0, 0.1) is 0 Å². The zero-order valence-electron chi connectivity index (χ0n) is 35.8. The number of hydrogen-bond donors (Lipinski definition) is 3. The molecular formula is C48H75F3N4. The molecule has 1 aliphatic carbocycles. The van der Waals surface area contributed by atoms with Gasteiger partial charge in [-0.1, -0.05) is 159 Å². The van der Waals surface area contributed by atoms with Gasteiger partial charge in [0.15, 0.2) is 0 Å². The van der Waals surface area contributed by atoms with E-state index in [-0.39, 0.29) is 12.3 Å². The number of alkyl halides is 3. The summed E-state index contributed by atoms with van der Waals surface area (Å²) in [6.45, 7) is 29.4. The van der Waals surface area contributed by atoms with Crippen molar-refractivity contribution >= 4 is 11.4 Å². The molecule has 0 radical (unpaired) electrons. The van der Waals surface area contributed by atoms with Gasteiger partial charge < -0.3 is 21.3 Å². The minimum Gasteiger partial charge on any atom is -0.402 e. The van der Waals surface area contributed by atoms with E-state index >= 15 is 0 Å². The molecule has 1 atom stereocenters. The van der Waals surface area contributed by atoms with Gasteiger partial charge in [0.1, 0.15) is 0 Å². The molecule has 1 unspecified atom stereocenters. The Morgan fingerprint density at radius 1 is 0.909 bits per heavy atom. The Hall–Kier alpha value is -3.97. The van der Waals surface area contributed by atoms with E-state index in [4.69, 9.17) is 5.73 Å². The number of likely N-dealkylation sites (tertiary alicyclic amines) is 1. The molecule has 7 heteroatoms. The number of para-hydroxylation sites is 1. The SMILES string of the molecule is C=C(NC1CCN(CCCCC(C(=C)N)(/C(=C/C=C\C)CC)c2ccccc2)CC1)c1ccccc1NCC1=CCCC=C1.CC.CC.CC.CC(F)(F)F. The number of nitrogens with two attached hydrogens (primary N) is 1. The third-order valence-corrected chi connectivity index (χ3v) is 9.28. The second-order valence-electron chi connectivity index (χ2n) is 13.0. The van der Waals surface area contributed by atoms with Crippen molar-refractivity contribution in [2.75, 3.05) is 31.5 Å². The molecule has 0 saturated carbocycles. The van der Waals surface area contributed by atoms with Crippen molar-refractivity contribution in [3.63, 3.8) is 0 Å². The van der Waals surface area contributed by atoms with Crippen LogP contribution in [0.3, 0.4) is 0 Å². The predicted molar refractivity (Wildman–Crippen MR) is 237 cm³/mol. The van der Waals surface area contributed by atoms with Crippen LogP contribution in [0.25, 0.3) is 5.70 Å². The molecule has 2 aromatic rings. The van der Waals surface area contributed by atoms with Gasteiger partial charge in [-0.2, -0.15) is 13.2 Å². The lowest BCUT2D eigenvalue weighted by Gasteiger charge is -2.38. The molecule has 2 aromatic carbocycles. The average Bonchev–Trinajstić information content (AvgIpc) is 3.21. The number of anilines is 1. The van der Waals surface area contributed by atoms with Gasteiger partial charge in [-0.3, -0.25) is 0 Å². The van der Waals surface area contributed by atoms with Crippen LogP contribution < -0.4 is 16.4 Å².